The minimum Gasteiger partial charge on any atom is -0.326 e. The molecule has 1 aromatic carbocycles. The first-order chi connectivity index (χ1) is 16.2. The Morgan fingerprint density at radius 3 is 2.71 bits per heavy atom. The number of aromatic nitrogens is 2. The van der Waals surface area contributed by atoms with E-state index in [0.29, 0.717) is 29.0 Å². The number of nitrogens with one attached hydrogen (secondary N) is 2. The molecule has 1 aliphatic carbocycles. The fraction of sp³-hybridized carbons (Fsp3) is 0.440. The average molecular weight is 499 g/mol. The molecule has 0 fully saturated rings. The number of anilines is 2. The summed E-state index contributed by atoms with van der Waals surface area (Å²) < 4.78 is 1.74. The number of carbonyl (C=O) groups excluding carboxylic acids is 2. The van der Waals surface area contributed by atoms with Gasteiger partial charge in [-0.25, -0.2) is 4.98 Å². The number of thiophene rings is 1. The van der Waals surface area contributed by atoms with E-state index in [2.05, 4.69) is 31.4 Å². The molecule has 2 amide bonds. The highest BCUT2D eigenvalue weighted by atomic mass is 32.2. The van der Waals surface area contributed by atoms with Crippen LogP contribution in [0.3, 0.4) is 0 Å². The van der Waals surface area contributed by atoms with Crippen molar-refractivity contribution in [3.05, 3.63) is 45.1 Å². The Balaban J connectivity index is 1.57. The van der Waals surface area contributed by atoms with Gasteiger partial charge in [0.15, 0.2) is 5.16 Å². The quantitative estimate of drug-likeness (QED) is 0.356. The second kappa shape index (κ2) is 10.3. The van der Waals surface area contributed by atoms with E-state index in [0.717, 1.165) is 29.5 Å². The molecule has 9 heteroatoms. The van der Waals surface area contributed by atoms with Crippen LogP contribution >= 0.6 is 23.1 Å². The molecule has 180 valence electrons. The predicted molar refractivity (Wildman–Crippen MR) is 140 cm³/mol. The van der Waals surface area contributed by atoms with Gasteiger partial charge in [-0.1, -0.05) is 38.6 Å². The van der Waals surface area contributed by atoms with Crippen molar-refractivity contribution in [1.29, 1.82) is 0 Å². The number of benzene rings is 1. The lowest BCUT2D eigenvalue weighted by atomic mass is 9.89. The first-order valence-electron chi connectivity index (χ1n) is 11.6. The van der Waals surface area contributed by atoms with Gasteiger partial charge in [0.2, 0.25) is 11.8 Å². The standard InChI is InChI=1S/C25H30N4O3S2/c1-14(2)12-29-24(32)22-19-9-8-15(3)10-20(19)34-23(22)28-25(29)33-13-21(31)27-18-7-5-6-17(11-18)26-16(4)30/h5-7,11,14-15H,8-10,12-13H2,1-4H3,(H,26,30)(H,27,31). The molecule has 0 saturated carbocycles. The van der Waals surface area contributed by atoms with Crippen LogP contribution in [0.25, 0.3) is 10.2 Å². The highest BCUT2D eigenvalue weighted by Gasteiger charge is 2.25. The summed E-state index contributed by atoms with van der Waals surface area (Å²) in [6.45, 7) is 8.40. The van der Waals surface area contributed by atoms with E-state index in [4.69, 9.17) is 4.98 Å². The van der Waals surface area contributed by atoms with Crippen LogP contribution in [0.4, 0.5) is 11.4 Å². The molecule has 2 N–H and O–H groups in total. The summed E-state index contributed by atoms with van der Waals surface area (Å²) in [5, 5.41) is 6.92. The van der Waals surface area contributed by atoms with Crippen LogP contribution < -0.4 is 16.2 Å². The summed E-state index contributed by atoms with van der Waals surface area (Å²) in [5.41, 5.74) is 2.41. The van der Waals surface area contributed by atoms with Gasteiger partial charge in [-0.15, -0.1) is 11.3 Å². The fourth-order valence-corrected chi connectivity index (χ4v) is 6.48. The maximum atomic E-state index is 13.5. The Kier molecular flexibility index (Phi) is 7.42. The van der Waals surface area contributed by atoms with Gasteiger partial charge in [0.1, 0.15) is 4.83 Å². The zero-order valence-electron chi connectivity index (χ0n) is 19.9. The molecular formula is C25H30N4O3S2. The van der Waals surface area contributed by atoms with E-state index in [-0.39, 0.29) is 29.0 Å². The Labute approximate surface area is 207 Å². The summed E-state index contributed by atoms with van der Waals surface area (Å²) in [6.07, 6.45) is 3.03. The van der Waals surface area contributed by atoms with Gasteiger partial charge in [-0.3, -0.25) is 19.0 Å². The van der Waals surface area contributed by atoms with Crippen LogP contribution in [0.2, 0.25) is 0 Å². The number of fused-ring (bicyclic) bond motifs is 3. The van der Waals surface area contributed by atoms with Crippen LogP contribution in [0.15, 0.2) is 34.2 Å². The molecule has 2 aromatic heterocycles. The van der Waals surface area contributed by atoms with E-state index >= 15 is 0 Å². The van der Waals surface area contributed by atoms with E-state index < -0.39 is 0 Å². The Hall–Kier alpha value is -2.65. The molecule has 0 spiro atoms. The van der Waals surface area contributed by atoms with Crippen molar-refractivity contribution in [1.82, 2.24) is 9.55 Å². The van der Waals surface area contributed by atoms with Gasteiger partial charge in [-0.05, 0) is 54.9 Å². The molecule has 4 rings (SSSR count). The van der Waals surface area contributed by atoms with E-state index in [1.54, 1.807) is 40.2 Å². The fourth-order valence-electron chi connectivity index (χ4n) is 4.25. The Bertz CT molecular complexity index is 1300. The molecule has 0 saturated heterocycles. The highest BCUT2D eigenvalue weighted by Crippen LogP contribution is 2.36. The zero-order valence-corrected chi connectivity index (χ0v) is 21.6. The minimum absolute atomic E-state index is 0.0108. The second-order valence-electron chi connectivity index (χ2n) is 9.33. The number of thioether (sulfide) groups is 1. The zero-order chi connectivity index (χ0) is 24.4. The van der Waals surface area contributed by atoms with Crippen molar-refractivity contribution < 1.29 is 9.59 Å². The maximum absolute atomic E-state index is 13.5. The van der Waals surface area contributed by atoms with Crippen LogP contribution in [0, 0.1) is 11.8 Å². The molecule has 0 aliphatic heterocycles. The lowest BCUT2D eigenvalue weighted by molar-refractivity contribution is -0.114. The molecule has 2 heterocycles. The summed E-state index contributed by atoms with van der Waals surface area (Å²) in [6, 6.07) is 7.00. The number of carbonyl (C=O) groups is 2. The smallest absolute Gasteiger partial charge is 0.263 e. The summed E-state index contributed by atoms with van der Waals surface area (Å²) in [7, 11) is 0. The number of amides is 2. The summed E-state index contributed by atoms with van der Waals surface area (Å²) in [4.78, 5) is 44.4. The van der Waals surface area contributed by atoms with Crippen molar-refractivity contribution >= 4 is 56.5 Å². The molecule has 1 unspecified atom stereocenters. The summed E-state index contributed by atoms with van der Waals surface area (Å²) in [5.74, 6) is 0.655. The third-order valence-electron chi connectivity index (χ3n) is 5.73. The van der Waals surface area contributed by atoms with Gasteiger partial charge in [-0.2, -0.15) is 0 Å². The van der Waals surface area contributed by atoms with Crippen molar-refractivity contribution in [2.75, 3.05) is 16.4 Å². The van der Waals surface area contributed by atoms with Crippen molar-refractivity contribution in [2.24, 2.45) is 11.8 Å². The third-order valence-corrected chi connectivity index (χ3v) is 7.85. The highest BCUT2D eigenvalue weighted by molar-refractivity contribution is 7.99. The first kappa shape index (κ1) is 24.5. The van der Waals surface area contributed by atoms with E-state index in [9.17, 15) is 14.4 Å². The largest absolute Gasteiger partial charge is 0.326 e. The van der Waals surface area contributed by atoms with Gasteiger partial charge in [0, 0.05) is 29.7 Å². The molecule has 34 heavy (non-hydrogen) atoms. The van der Waals surface area contributed by atoms with Crippen LogP contribution in [0.1, 0.15) is 44.6 Å². The van der Waals surface area contributed by atoms with Gasteiger partial charge in [0.25, 0.3) is 5.56 Å². The van der Waals surface area contributed by atoms with Gasteiger partial charge < -0.3 is 10.6 Å². The molecule has 3 aromatic rings. The van der Waals surface area contributed by atoms with Crippen LogP contribution in [0.5, 0.6) is 0 Å². The van der Waals surface area contributed by atoms with E-state index in [1.807, 2.05) is 0 Å². The number of hydrogen-bond donors (Lipinski definition) is 2. The number of nitrogens with zero attached hydrogens (tertiary/aromatic N) is 2. The topological polar surface area (TPSA) is 93.1 Å². The maximum Gasteiger partial charge on any atom is 0.263 e. The Morgan fingerprint density at radius 2 is 2.00 bits per heavy atom. The predicted octanol–water partition coefficient (Wildman–Crippen LogP) is 4.93. The monoisotopic (exact) mass is 498 g/mol. The molecule has 1 aliphatic rings. The summed E-state index contributed by atoms with van der Waals surface area (Å²) >= 11 is 2.91. The van der Waals surface area contributed by atoms with E-state index in [1.165, 1.54) is 29.1 Å². The molecular weight excluding hydrogens is 468 g/mol. The lowest BCUT2D eigenvalue weighted by Crippen LogP contribution is -2.26. The van der Waals surface area contributed by atoms with Crippen molar-refractivity contribution in [3.63, 3.8) is 0 Å². The third kappa shape index (κ3) is 5.52. The lowest BCUT2D eigenvalue weighted by Gasteiger charge is -2.18. The van der Waals surface area contributed by atoms with Gasteiger partial charge in [0.05, 0.1) is 11.1 Å². The molecule has 0 bridgehead atoms. The molecule has 0 radical (unpaired) electrons. The minimum atomic E-state index is -0.199. The van der Waals surface area contributed by atoms with Crippen LogP contribution in [-0.2, 0) is 29.0 Å². The SMILES string of the molecule is CC(=O)Nc1cccc(NC(=O)CSc2nc3sc4c(c3c(=O)n2CC(C)C)CCC(C)C4)c1. The Morgan fingerprint density at radius 1 is 1.26 bits per heavy atom. The average Bonchev–Trinajstić information content (AvgIpc) is 3.11. The normalized spacial score (nSPS) is 15.4. The number of aryl methyl sites for hydroxylation is 1. The first-order valence-corrected chi connectivity index (χ1v) is 13.4. The van der Waals surface area contributed by atoms with Crippen LogP contribution in [-0.4, -0.2) is 27.1 Å². The van der Waals surface area contributed by atoms with Crippen molar-refractivity contribution in [3.8, 4) is 0 Å². The number of hydrogen-bond acceptors (Lipinski definition) is 6. The second-order valence-corrected chi connectivity index (χ2v) is 11.4. The number of rotatable bonds is 7. The van der Waals surface area contributed by atoms with Crippen molar-refractivity contribution in [2.45, 2.75) is 58.7 Å². The van der Waals surface area contributed by atoms with Gasteiger partial charge >= 0.3 is 0 Å². The molecule has 1 atom stereocenters. The molecule has 7 nitrogen and oxygen atoms in total.